The molecule has 0 unspecified atom stereocenters. The van der Waals surface area contributed by atoms with E-state index in [9.17, 15) is 14.7 Å². The van der Waals surface area contributed by atoms with Crippen LogP contribution in [0.4, 0.5) is 0 Å². The van der Waals surface area contributed by atoms with Crippen molar-refractivity contribution in [3.8, 4) is 0 Å². The minimum Gasteiger partial charge on any atom is -0.389 e. The Morgan fingerprint density at radius 3 is 2.52 bits per heavy atom. The second kappa shape index (κ2) is 7.20. The van der Waals surface area contributed by atoms with Gasteiger partial charge in [-0.05, 0) is 12.8 Å². The number of likely N-dealkylation sites (tertiary alicyclic amines) is 1. The molecule has 0 aliphatic carbocycles. The highest BCUT2D eigenvalue weighted by atomic mass is 16.5. The molecule has 2 aliphatic rings. The lowest BCUT2D eigenvalue weighted by molar-refractivity contribution is -0.130. The lowest BCUT2D eigenvalue weighted by Gasteiger charge is -2.33. The van der Waals surface area contributed by atoms with Crippen molar-refractivity contribution in [3.05, 3.63) is 0 Å². The summed E-state index contributed by atoms with van der Waals surface area (Å²) < 4.78 is 5.54. The van der Waals surface area contributed by atoms with Gasteiger partial charge in [0, 0.05) is 39.5 Å². The average Bonchev–Trinajstić information content (AvgIpc) is 2.78. The van der Waals surface area contributed by atoms with Crippen LogP contribution < -0.4 is 10.6 Å². The van der Waals surface area contributed by atoms with Gasteiger partial charge in [-0.2, -0.15) is 0 Å². The molecule has 0 radical (unpaired) electrons. The third-order valence-corrected chi connectivity index (χ3v) is 4.23. The minimum absolute atomic E-state index is 0.113. The molecule has 2 rings (SSSR count). The Hall–Kier alpha value is -1.18. The van der Waals surface area contributed by atoms with Gasteiger partial charge in [-0.3, -0.25) is 9.59 Å². The maximum Gasteiger partial charge on any atom is 0.219 e. The Kier molecular flexibility index (Phi) is 5.55. The van der Waals surface area contributed by atoms with E-state index in [0.29, 0.717) is 19.2 Å². The summed E-state index contributed by atoms with van der Waals surface area (Å²) in [5.41, 5.74) is 0. The summed E-state index contributed by atoms with van der Waals surface area (Å²) in [6, 6.07) is 0.181. The van der Waals surface area contributed by atoms with Gasteiger partial charge in [-0.15, -0.1) is 0 Å². The smallest absolute Gasteiger partial charge is 0.219 e. The summed E-state index contributed by atoms with van der Waals surface area (Å²) in [5, 5.41) is 16.3. The maximum absolute atomic E-state index is 11.3. The molecular formula is C14H25N3O4. The van der Waals surface area contributed by atoms with Crippen molar-refractivity contribution in [1.29, 1.82) is 0 Å². The van der Waals surface area contributed by atoms with E-state index >= 15 is 0 Å². The first-order valence-electron chi connectivity index (χ1n) is 7.53. The van der Waals surface area contributed by atoms with Crippen molar-refractivity contribution >= 4 is 11.8 Å². The zero-order valence-corrected chi connectivity index (χ0v) is 12.7. The maximum atomic E-state index is 11.3. The SMILES string of the molecule is CC(=O)NC[C@H]1OC[C@@H](NC2CCN(C(C)=O)CC2)[C@@H]1O. The molecule has 2 fully saturated rings. The van der Waals surface area contributed by atoms with Gasteiger partial charge >= 0.3 is 0 Å². The van der Waals surface area contributed by atoms with Crippen molar-refractivity contribution < 1.29 is 19.4 Å². The van der Waals surface area contributed by atoms with Crippen molar-refractivity contribution in [2.24, 2.45) is 0 Å². The van der Waals surface area contributed by atoms with E-state index in [-0.39, 0.29) is 24.0 Å². The van der Waals surface area contributed by atoms with Gasteiger partial charge in [0.2, 0.25) is 11.8 Å². The Morgan fingerprint density at radius 1 is 1.29 bits per heavy atom. The van der Waals surface area contributed by atoms with Crippen LogP contribution in [0.3, 0.4) is 0 Å². The number of carbonyl (C=O) groups excluding carboxylic acids is 2. The third-order valence-electron chi connectivity index (χ3n) is 4.23. The van der Waals surface area contributed by atoms with Crippen molar-refractivity contribution in [2.75, 3.05) is 26.2 Å². The van der Waals surface area contributed by atoms with Crippen molar-refractivity contribution in [3.63, 3.8) is 0 Å². The number of piperidine rings is 1. The summed E-state index contributed by atoms with van der Waals surface area (Å²) in [6.07, 6.45) is 0.796. The van der Waals surface area contributed by atoms with Gasteiger partial charge in [0.15, 0.2) is 0 Å². The number of amides is 2. The fourth-order valence-electron chi connectivity index (χ4n) is 2.92. The van der Waals surface area contributed by atoms with Crippen LogP contribution in [-0.2, 0) is 14.3 Å². The normalized spacial score (nSPS) is 30.4. The first-order valence-corrected chi connectivity index (χ1v) is 7.53. The molecule has 3 atom stereocenters. The lowest BCUT2D eigenvalue weighted by atomic mass is 10.0. The number of hydrogen-bond acceptors (Lipinski definition) is 5. The van der Waals surface area contributed by atoms with Gasteiger partial charge in [0.25, 0.3) is 0 Å². The monoisotopic (exact) mass is 299 g/mol. The van der Waals surface area contributed by atoms with E-state index in [0.717, 1.165) is 25.9 Å². The largest absolute Gasteiger partial charge is 0.389 e. The molecule has 0 aromatic carbocycles. The zero-order valence-electron chi connectivity index (χ0n) is 12.7. The van der Waals surface area contributed by atoms with Crippen LogP contribution in [0.25, 0.3) is 0 Å². The fraction of sp³-hybridized carbons (Fsp3) is 0.857. The Morgan fingerprint density at radius 2 is 1.95 bits per heavy atom. The molecule has 3 N–H and O–H groups in total. The summed E-state index contributed by atoms with van der Waals surface area (Å²) in [7, 11) is 0. The van der Waals surface area contributed by atoms with Gasteiger partial charge in [0.05, 0.1) is 18.8 Å². The van der Waals surface area contributed by atoms with Crippen LogP contribution in [0.2, 0.25) is 0 Å². The predicted octanol–water partition coefficient (Wildman–Crippen LogP) is -1.15. The summed E-state index contributed by atoms with van der Waals surface area (Å²) in [4.78, 5) is 24.0. The number of rotatable bonds is 4. The number of nitrogens with one attached hydrogen (secondary N) is 2. The van der Waals surface area contributed by atoms with Crippen molar-refractivity contribution in [2.45, 2.75) is 51.0 Å². The van der Waals surface area contributed by atoms with E-state index in [1.807, 2.05) is 4.90 Å². The molecule has 7 heteroatoms. The first kappa shape index (κ1) is 16.2. The zero-order chi connectivity index (χ0) is 15.4. The molecule has 7 nitrogen and oxygen atoms in total. The fourth-order valence-corrected chi connectivity index (χ4v) is 2.92. The molecule has 21 heavy (non-hydrogen) atoms. The number of aliphatic hydroxyl groups excluding tert-OH is 1. The Labute approximate surface area is 125 Å². The van der Waals surface area contributed by atoms with Crippen LogP contribution >= 0.6 is 0 Å². The Bertz CT molecular complexity index is 382. The molecule has 0 bridgehead atoms. The van der Waals surface area contributed by atoms with Gasteiger partial charge in [-0.25, -0.2) is 0 Å². The molecule has 2 heterocycles. The van der Waals surface area contributed by atoms with E-state index in [1.165, 1.54) is 6.92 Å². The number of carbonyl (C=O) groups is 2. The molecule has 0 aromatic rings. The molecular weight excluding hydrogens is 274 g/mol. The minimum atomic E-state index is -0.623. The molecule has 2 saturated heterocycles. The number of nitrogens with zero attached hydrogens (tertiary/aromatic N) is 1. The van der Waals surface area contributed by atoms with Crippen LogP contribution in [0.1, 0.15) is 26.7 Å². The van der Waals surface area contributed by atoms with E-state index < -0.39 is 6.10 Å². The Balaban J connectivity index is 1.74. The quantitative estimate of drug-likeness (QED) is 0.610. The highest BCUT2D eigenvalue weighted by Gasteiger charge is 2.37. The molecule has 120 valence electrons. The third kappa shape index (κ3) is 4.39. The second-order valence-electron chi connectivity index (χ2n) is 5.85. The predicted molar refractivity (Wildman–Crippen MR) is 76.6 cm³/mol. The molecule has 0 saturated carbocycles. The summed E-state index contributed by atoms with van der Waals surface area (Å²) in [6.45, 7) is 5.32. The van der Waals surface area contributed by atoms with Crippen LogP contribution in [0.5, 0.6) is 0 Å². The number of aliphatic hydroxyl groups is 1. The topological polar surface area (TPSA) is 90.9 Å². The molecule has 0 aromatic heterocycles. The first-order chi connectivity index (χ1) is 9.97. The van der Waals surface area contributed by atoms with Crippen LogP contribution in [0.15, 0.2) is 0 Å². The van der Waals surface area contributed by atoms with Crippen LogP contribution in [0, 0.1) is 0 Å². The number of hydrogen-bond donors (Lipinski definition) is 3. The summed E-state index contributed by atoms with van der Waals surface area (Å²) >= 11 is 0. The molecule has 2 aliphatic heterocycles. The van der Waals surface area contributed by atoms with E-state index in [4.69, 9.17) is 4.74 Å². The highest BCUT2D eigenvalue weighted by molar-refractivity contribution is 5.73. The van der Waals surface area contributed by atoms with E-state index in [1.54, 1.807) is 6.92 Å². The summed E-state index contributed by atoms with van der Waals surface area (Å²) in [5.74, 6) is -0.00753. The van der Waals surface area contributed by atoms with Crippen molar-refractivity contribution in [1.82, 2.24) is 15.5 Å². The van der Waals surface area contributed by atoms with Gasteiger partial charge in [-0.1, -0.05) is 0 Å². The van der Waals surface area contributed by atoms with Gasteiger partial charge < -0.3 is 25.4 Å². The van der Waals surface area contributed by atoms with E-state index in [2.05, 4.69) is 10.6 Å². The molecule has 0 spiro atoms. The standard InChI is InChI=1S/C14H25N3O4/c1-9(18)15-7-13-14(20)12(8-21-13)16-11-3-5-17(6-4-11)10(2)19/h11-14,16,20H,3-8H2,1-2H3,(H,15,18)/t12-,13-,14+/m1/s1. The molecule has 2 amide bonds. The second-order valence-corrected chi connectivity index (χ2v) is 5.85. The number of ether oxygens (including phenoxy) is 1. The highest BCUT2D eigenvalue weighted by Crippen LogP contribution is 2.17. The van der Waals surface area contributed by atoms with Crippen LogP contribution in [-0.4, -0.2) is 72.4 Å². The average molecular weight is 299 g/mol. The van der Waals surface area contributed by atoms with Gasteiger partial charge in [0.1, 0.15) is 6.10 Å². The lowest BCUT2D eigenvalue weighted by Crippen LogP contribution is -2.51.